The molecule has 1 aromatic heterocycles. The van der Waals surface area contributed by atoms with Crippen LogP contribution in [0.25, 0.3) is 11.4 Å². The molecule has 0 N–H and O–H groups in total. The first-order valence-electron chi connectivity index (χ1n) is 6.25. The number of amides is 1. The summed E-state index contributed by atoms with van der Waals surface area (Å²) < 4.78 is 46.3. The fourth-order valence-corrected chi connectivity index (χ4v) is 1.44. The van der Waals surface area contributed by atoms with Gasteiger partial charge in [0.2, 0.25) is 5.82 Å². The SMILES string of the molecule is CCN(C)C(=O)Oc1ccc(-c2noc(C(F)(F)F)n2)cc1. The van der Waals surface area contributed by atoms with E-state index in [0.29, 0.717) is 12.1 Å². The van der Waals surface area contributed by atoms with Gasteiger partial charge in [-0.05, 0) is 31.2 Å². The third kappa shape index (κ3) is 3.54. The largest absolute Gasteiger partial charge is 0.471 e. The van der Waals surface area contributed by atoms with Gasteiger partial charge in [-0.1, -0.05) is 5.16 Å². The standard InChI is InChI=1S/C13H12F3N3O3/c1-3-19(2)12(20)21-9-6-4-8(5-7-9)10-17-11(22-18-10)13(14,15)16/h4-7H,3H2,1-2H3. The van der Waals surface area contributed by atoms with Crippen LogP contribution in [0.1, 0.15) is 12.8 Å². The molecule has 0 radical (unpaired) electrons. The number of benzene rings is 1. The topological polar surface area (TPSA) is 68.5 Å². The molecule has 0 saturated carbocycles. The Bertz CT molecular complexity index is 653. The van der Waals surface area contributed by atoms with Gasteiger partial charge in [-0.2, -0.15) is 18.2 Å². The predicted octanol–water partition coefficient (Wildman–Crippen LogP) is 3.21. The summed E-state index contributed by atoms with van der Waals surface area (Å²) in [4.78, 5) is 16.2. The number of rotatable bonds is 3. The van der Waals surface area contributed by atoms with E-state index in [9.17, 15) is 18.0 Å². The van der Waals surface area contributed by atoms with Crippen molar-refractivity contribution in [1.29, 1.82) is 0 Å². The van der Waals surface area contributed by atoms with Gasteiger partial charge in [0.1, 0.15) is 5.75 Å². The van der Waals surface area contributed by atoms with Crippen molar-refractivity contribution in [2.75, 3.05) is 13.6 Å². The lowest BCUT2D eigenvalue weighted by atomic mass is 10.2. The molecular formula is C13H12F3N3O3. The second kappa shape index (κ2) is 6.04. The molecule has 0 unspecified atom stereocenters. The molecule has 0 atom stereocenters. The molecule has 0 spiro atoms. The van der Waals surface area contributed by atoms with Crippen molar-refractivity contribution >= 4 is 6.09 Å². The first kappa shape index (κ1) is 15.8. The van der Waals surface area contributed by atoms with Gasteiger partial charge in [0, 0.05) is 19.2 Å². The number of ether oxygens (including phenoxy) is 1. The van der Waals surface area contributed by atoms with Crippen molar-refractivity contribution in [1.82, 2.24) is 15.0 Å². The van der Waals surface area contributed by atoms with Gasteiger partial charge in [-0.3, -0.25) is 0 Å². The van der Waals surface area contributed by atoms with E-state index in [4.69, 9.17) is 4.74 Å². The van der Waals surface area contributed by atoms with Crippen molar-refractivity contribution in [2.45, 2.75) is 13.1 Å². The van der Waals surface area contributed by atoms with Crippen molar-refractivity contribution in [2.24, 2.45) is 0 Å². The zero-order chi connectivity index (χ0) is 16.3. The predicted molar refractivity (Wildman–Crippen MR) is 69.1 cm³/mol. The Balaban J connectivity index is 2.12. The van der Waals surface area contributed by atoms with E-state index in [0.717, 1.165) is 0 Å². The van der Waals surface area contributed by atoms with Gasteiger partial charge >= 0.3 is 18.2 Å². The summed E-state index contributed by atoms with van der Waals surface area (Å²) in [6.07, 6.45) is -5.22. The fraction of sp³-hybridized carbons (Fsp3) is 0.308. The number of carbonyl (C=O) groups is 1. The molecule has 0 bridgehead atoms. The Morgan fingerprint density at radius 1 is 1.32 bits per heavy atom. The fourth-order valence-electron chi connectivity index (χ4n) is 1.44. The van der Waals surface area contributed by atoms with Crippen molar-refractivity contribution in [3.05, 3.63) is 30.2 Å². The van der Waals surface area contributed by atoms with Crippen LogP contribution in [0, 0.1) is 0 Å². The first-order chi connectivity index (χ1) is 10.3. The highest BCUT2D eigenvalue weighted by Gasteiger charge is 2.38. The molecule has 0 aliphatic carbocycles. The zero-order valence-electron chi connectivity index (χ0n) is 11.7. The lowest BCUT2D eigenvalue weighted by Gasteiger charge is -2.13. The minimum absolute atomic E-state index is 0.198. The molecule has 9 heteroatoms. The summed E-state index contributed by atoms with van der Waals surface area (Å²) in [6, 6.07) is 5.72. The molecule has 0 aliphatic heterocycles. The molecule has 1 heterocycles. The molecule has 2 aromatic rings. The van der Waals surface area contributed by atoms with E-state index in [1.807, 2.05) is 0 Å². The third-order valence-electron chi connectivity index (χ3n) is 2.77. The second-order valence-electron chi connectivity index (χ2n) is 4.33. The van der Waals surface area contributed by atoms with Gasteiger partial charge in [0.25, 0.3) is 0 Å². The normalized spacial score (nSPS) is 11.3. The van der Waals surface area contributed by atoms with E-state index >= 15 is 0 Å². The van der Waals surface area contributed by atoms with Crippen molar-refractivity contribution in [3.8, 4) is 17.1 Å². The number of halogens is 3. The first-order valence-corrected chi connectivity index (χ1v) is 6.25. The second-order valence-corrected chi connectivity index (χ2v) is 4.33. The monoisotopic (exact) mass is 315 g/mol. The highest BCUT2D eigenvalue weighted by atomic mass is 19.4. The van der Waals surface area contributed by atoms with E-state index in [1.54, 1.807) is 14.0 Å². The summed E-state index contributed by atoms with van der Waals surface area (Å²) in [6.45, 7) is 2.28. The Kier molecular flexibility index (Phi) is 4.34. The Labute approximate surface area is 123 Å². The molecule has 1 aromatic carbocycles. The Morgan fingerprint density at radius 2 is 1.95 bits per heavy atom. The average molecular weight is 315 g/mol. The Morgan fingerprint density at radius 3 is 2.45 bits per heavy atom. The lowest BCUT2D eigenvalue weighted by Crippen LogP contribution is -2.29. The minimum atomic E-state index is -4.69. The highest BCUT2D eigenvalue weighted by molar-refractivity contribution is 5.70. The lowest BCUT2D eigenvalue weighted by molar-refractivity contribution is -0.159. The van der Waals surface area contributed by atoms with Gasteiger partial charge in [-0.15, -0.1) is 0 Å². The number of hydrogen-bond donors (Lipinski definition) is 0. The van der Waals surface area contributed by atoms with Crippen LogP contribution in [0.5, 0.6) is 5.75 Å². The number of nitrogens with zero attached hydrogens (tertiary/aromatic N) is 3. The maximum Gasteiger partial charge on any atom is 0.471 e. The van der Waals surface area contributed by atoms with Crippen LogP contribution in [0.2, 0.25) is 0 Å². The molecule has 0 fully saturated rings. The summed E-state index contributed by atoms with van der Waals surface area (Å²) in [7, 11) is 1.58. The molecule has 2 rings (SSSR count). The number of carbonyl (C=O) groups excluding carboxylic acids is 1. The van der Waals surface area contributed by atoms with E-state index in [1.165, 1.54) is 29.2 Å². The molecular weight excluding hydrogens is 303 g/mol. The van der Waals surface area contributed by atoms with E-state index in [-0.39, 0.29) is 11.6 Å². The number of hydrogen-bond acceptors (Lipinski definition) is 5. The maximum atomic E-state index is 12.4. The van der Waals surface area contributed by atoms with Gasteiger partial charge in [-0.25, -0.2) is 4.79 Å². The van der Waals surface area contributed by atoms with Crippen LogP contribution in [-0.2, 0) is 6.18 Å². The summed E-state index contributed by atoms with van der Waals surface area (Å²) >= 11 is 0. The number of alkyl halides is 3. The Hall–Kier alpha value is -2.58. The van der Waals surface area contributed by atoms with E-state index < -0.39 is 18.2 Å². The van der Waals surface area contributed by atoms with Crippen molar-refractivity contribution < 1.29 is 27.2 Å². The van der Waals surface area contributed by atoms with Gasteiger partial charge < -0.3 is 14.2 Å². The van der Waals surface area contributed by atoms with Crippen LogP contribution in [0.3, 0.4) is 0 Å². The summed E-state index contributed by atoms with van der Waals surface area (Å²) in [5.74, 6) is -1.35. The maximum absolute atomic E-state index is 12.4. The van der Waals surface area contributed by atoms with E-state index in [2.05, 4.69) is 14.7 Å². The smallest absolute Gasteiger partial charge is 0.410 e. The van der Waals surface area contributed by atoms with Crippen LogP contribution < -0.4 is 4.74 Å². The molecule has 1 amide bonds. The third-order valence-corrected chi connectivity index (χ3v) is 2.77. The minimum Gasteiger partial charge on any atom is -0.410 e. The molecule has 0 saturated heterocycles. The van der Waals surface area contributed by atoms with Crippen LogP contribution in [0.4, 0.5) is 18.0 Å². The molecule has 0 aliphatic rings. The number of aromatic nitrogens is 2. The quantitative estimate of drug-likeness (QED) is 0.870. The van der Waals surface area contributed by atoms with Crippen molar-refractivity contribution in [3.63, 3.8) is 0 Å². The van der Waals surface area contributed by atoms with Crippen LogP contribution in [0.15, 0.2) is 28.8 Å². The van der Waals surface area contributed by atoms with Gasteiger partial charge in [0.15, 0.2) is 0 Å². The highest BCUT2D eigenvalue weighted by Crippen LogP contribution is 2.29. The van der Waals surface area contributed by atoms with Crippen LogP contribution in [-0.4, -0.2) is 34.7 Å². The molecule has 118 valence electrons. The summed E-state index contributed by atoms with van der Waals surface area (Å²) in [5, 5.41) is 3.26. The average Bonchev–Trinajstić information content (AvgIpc) is 2.97. The molecule has 22 heavy (non-hydrogen) atoms. The van der Waals surface area contributed by atoms with Gasteiger partial charge in [0.05, 0.1) is 0 Å². The zero-order valence-corrected chi connectivity index (χ0v) is 11.7. The molecule has 6 nitrogen and oxygen atoms in total. The summed E-state index contributed by atoms with van der Waals surface area (Å²) in [5.41, 5.74) is 0.308. The van der Waals surface area contributed by atoms with Crippen LogP contribution >= 0.6 is 0 Å².